The summed E-state index contributed by atoms with van der Waals surface area (Å²) >= 11 is 0. The van der Waals surface area contributed by atoms with Crippen LogP contribution >= 0.6 is 0 Å². The van der Waals surface area contributed by atoms with Crippen molar-refractivity contribution in [3.8, 4) is 0 Å². The molecule has 1 aromatic heterocycles. The molecule has 19 heavy (non-hydrogen) atoms. The Balaban J connectivity index is 2.03. The molecule has 106 valence electrons. The van der Waals surface area contributed by atoms with E-state index in [2.05, 4.69) is 25.3 Å². The summed E-state index contributed by atoms with van der Waals surface area (Å²) in [5.41, 5.74) is 7.67. The number of nitrogens with two attached hydrogens (primary N) is 1. The zero-order valence-electron chi connectivity index (χ0n) is 12.6. The molecule has 2 aliphatic carbocycles. The molecular formula is C16H27N3. The maximum atomic E-state index is 6.44. The lowest BCUT2D eigenvalue weighted by molar-refractivity contribution is 0.349. The van der Waals surface area contributed by atoms with Crippen LogP contribution in [0.4, 0.5) is 5.82 Å². The Morgan fingerprint density at radius 1 is 1.00 bits per heavy atom. The first-order chi connectivity index (χ1) is 8.98. The molecule has 3 heteroatoms. The first-order valence-corrected chi connectivity index (χ1v) is 7.87. The van der Waals surface area contributed by atoms with Crippen molar-refractivity contribution in [2.45, 2.75) is 83.1 Å². The van der Waals surface area contributed by atoms with Crippen LogP contribution in [0.15, 0.2) is 0 Å². The van der Waals surface area contributed by atoms with Crippen LogP contribution in [0.25, 0.3) is 0 Å². The monoisotopic (exact) mass is 261 g/mol. The summed E-state index contributed by atoms with van der Waals surface area (Å²) in [6.45, 7) is 6.73. The molecule has 1 aromatic rings. The molecule has 0 bridgehead atoms. The second-order valence-electron chi connectivity index (χ2n) is 7.36. The van der Waals surface area contributed by atoms with E-state index in [0.717, 1.165) is 5.82 Å². The van der Waals surface area contributed by atoms with Gasteiger partial charge in [-0.05, 0) is 46.5 Å². The standard InChI is InChI=1S/C16H27N3/c1-16(2,3)19-14(17)13(11-9-10-11)18-15(19)12-7-5-4-6-8-12/h11-12H,4-10,17H2,1-3H3. The number of anilines is 1. The van der Waals surface area contributed by atoms with Crippen LogP contribution in [0, 0.1) is 0 Å². The molecule has 3 nitrogen and oxygen atoms in total. The second kappa shape index (κ2) is 4.53. The molecule has 0 amide bonds. The van der Waals surface area contributed by atoms with Gasteiger partial charge in [-0.15, -0.1) is 0 Å². The van der Waals surface area contributed by atoms with Gasteiger partial charge in [-0.2, -0.15) is 0 Å². The Bertz CT molecular complexity index is 457. The van der Waals surface area contributed by atoms with E-state index in [4.69, 9.17) is 10.7 Å². The van der Waals surface area contributed by atoms with Gasteiger partial charge in [0, 0.05) is 17.4 Å². The molecule has 2 fully saturated rings. The molecular weight excluding hydrogens is 234 g/mol. The molecule has 2 N–H and O–H groups in total. The summed E-state index contributed by atoms with van der Waals surface area (Å²) in [7, 11) is 0. The average Bonchev–Trinajstić information content (AvgIpc) is 3.12. The SMILES string of the molecule is CC(C)(C)n1c(C2CCCCC2)nc(C2CC2)c1N. The molecule has 0 unspecified atom stereocenters. The number of nitrogen functional groups attached to an aromatic ring is 1. The van der Waals surface area contributed by atoms with Crippen molar-refractivity contribution in [2.75, 3.05) is 5.73 Å². The molecule has 3 rings (SSSR count). The largest absolute Gasteiger partial charge is 0.384 e. The van der Waals surface area contributed by atoms with Gasteiger partial charge in [0.25, 0.3) is 0 Å². The fourth-order valence-corrected chi connectivity index (χ4v) is 3.47. The molecule has 0 atom stereocenters. The molecule has 2 aliphatic rings. The summed E-state index contributed by atoms with van der Waals surface area (Å²) in [5, 5.41) is 0. The van der Waals surface area contributed by atoms with Crippen molar-refractivity contribution in [2.24, 2.45) is 0 Å². The number of hydrogen-bond donors (Lipinski definition) is 1. The van der Waals surface area contributed by atoms with Crippen LogP contribution in [0.5, 0.6) is 0 Å². The first kappa shape index (κ1) is 13.0. The van der Waals surface area contributed by atoms with Crippen LogP contribution < -0.4 is 5.73 Å². The Labute approximate surface area is 116 Å². The first-order valence-electron chi connectivity index (χ1n) is 7.87. The number of hydrogen-bond acceptors (Lipinski definition) is 2. The van der Waals surface area contributed by atoms with E-state index >= 15 is 0 Å². The number of aromatic nitrogens is 2. The van der Waals surface area contributed by atoms with Gasteiger partial charge in [0.1, 0.15) is 11.6 Å². The van der Waals surface area contributed by atoms with Crippen LogP contribution in [0.3, 0.4) is 0 Å². The quantitative estimate of drug-likeness (QED) is 0.869. The molecule has 1 heterocycles. The topological polar surface area (TPSA) is 43.8 Å². The maximum absolute atomic E-state index is 6.44. The Morgan fingerprint density at radius 3 is 2.16 bits per heavy atom. The zero-order valence-corrected chi connectivity index (χ0v) is 12.6. The molecule has 0 radical (unpaired) electrons. The van der Waals surface area contributed by atoms with Gasteiger partial charge < -0.3 is 10.3 Å². The highest BCUT2D eigenvalue weighted by molar-refractivity contribution is 5.44. The maximum Gasteiger partial charge on any atom is 0.127 e. The highest BCUT2D eigenvalue weighted by Crippen LogP contribution is 2.45. The van der Waals surface area contributed by atoms with Crippen LogP contribution in [-0.2, 0) is 5.54 Å². The van der Waals surface area contributed by atoms with Crippen molar-refractivity contribution in [1.82, 2.24) is 9.55 Å². The second-order valence-corrected chi connectivity index (χ2v) is 7.36. The van der Waals surface area contributed by atoms with Crippen molar-refractivity contribution >= 4 is 5.82 Å². The number of rotatable bonds is 2. The fourth-order valence-electron chi connectivity index (χ4n) is 3.47. The zero-order chi connectivity index (χ0) is 13.6. The van der Waals surface area contributed by atoms with E-state index < -0.39 is 0 Å². The highest BCUT2D eigenvalue weighted by Gasteiger charge is 2.35. The van der Waals surface area contributed by atoms with E-state index in [0.29, 0.717) is 11.8 Å². The van der Waals surface area contributed by atoms with Gasteiger partial charge in [0.15, 0.2) is 0 Å². The Hall–Kier alpha value is -0.990. The van der Waals surface area contributed by atoms with Gasteiger partial charge in [-0.3, -0.25) is 0 Å². The molecule has 0 aromatic carbocycles. The fraction of sp³-hybridized carbons (Fsp3) is 0.812. The summed E-state index contributed by atoms with van der Waals surface area (Å²) in [6, 6.07) is 0. The van der Waals surface area contributed by atoms with Crippen molar-refractivity contribution < 1.29 is 0 Å². The smallest absolute Gasteiger partial charge is 0.127 e. The predicted molar refractivity (Wildman–Crippen MR) is 79.4 cm³/mol. The summed E-state index contributed by atoms with van der Waals surface area (Å²) in [4.78, 5) is 5.00. The lowest BCUT2D eigenvalue weighted by atomic mass is 9.88. The minimum atomic E-state index is 0.0387. The average molecular weight is 261 g/mol. The van der Waals surface area contributed by atoms with Crippen molar-refractivity contribution in [1.29, 1.82) is 0 Å². The molecule has 0 aliphatic heterocycles. The van der Waals surface area contributed by atoms with Crippen LogP contribution in [0.1, 0.15) is 89.1 Å². The lowest BCUT2D eigenvalue weighted by Gasteiger charge is -2.29. The van der Waals surface area contributed by atoms with Crippen LogP contribution in [-0.4, -0.2) is 9.55 Å². The third-order valence-corrected chi connectivity index (χ3v) is 4.57. The van der Waals surface area contributed by atoms with E-state index in [1.807, 2.05) is 0 Å². The predicted octanol–water partition coefficient (Wildman–Crippen LogP) is 4.15. The third-order valence-electron chi connectivity index (χ3n) is 4.57. The van der Waals surface area contributed by atoms with E-state index in [1.54, 1.807) is 0 Å². The molecule has 0 saturated heterocycles. The summed E-state index contributed by atoms with van der Waals surface area (Å²) in [6.07, 6.45) is 9.20. The van der Waals surface area contributed by atoms with Gasteiger partial charge in [-0.1, -0.05) is 19.3 Å². The third kappa shape index (κ3) is 2.39. The lowest BCUT2D eigenvalue weighted by Crippen LogP contribution is -2.27. The minimum absolute atomic E-state index is 0.0387. The van der Waals surface area contributed by atoms with Gasteiger partial charge in [0.05, 0.1) is 5.69 Å². The minimum Gasteiger partial charge on any atom is -0.384 e. The van der Waals surface area contributed by atoms with Gasteiger partial charge in [-0.25, -0.2) is 4.98 Å². The van der Waals surface area contributed by atoms with Gasteiger partial charge >= 0.3 is 0 Å². The van der Waals surface area contributed by atoms with E-state index in [1.165, 1.54) is 56.5 Å². The van der Waals surface area contributed by atoms with E-state index in [-0.39, 0.29) is 5.54 Å². The van der Waals surface area contributed by atoms with Crippen molar-refractivity contribution in [3.05, 3.63) is 11.5 Å². The molecule has 2 saturated carbocycles. The number of nitrogens with zero attached hydrogens (tertiary/aromatic N) is 2. The normalized spacial score (nSPS) is 21.8. The Morgan fingerprint density at radius 2 is 1.63 bits per heavy atom. The highest BCUT2D eigenvalue weighted by atomic mass is 15.2. The Kier molecular flexibility index (Phi) is 3.11. The van der Waals surface area contributed by atoms with E-state index in [9.17, 15) is 0 Å². The van der Waals surface area contributed by atoms with Crippen molar-refractivity contribution in [3.63, 3.8) is 0 Å². The summed E-state index contributed by atoms with van der Waals surface area (Å²) in [5.74, 6) is 3.48. The van der Waals surface area contributed by atoms with Gasteiger partial charge in [0.2, 0.25) is 0 Å². The number of imidazole rings is 1. The van der Waals surface area contributed by atoms with Crippen LogP contribution in [0.2, 0.25) is 0 Å². The summed E-state index contributed by atoms with van der Waals surface area (Å²) < 4.78 is 2.33. The molecule has 0 spiro atoms.